The van der Waals surface area contributed by atoms with Gasteiger partial charge in [0.25, 0.3) is 0 Å². The van der Waals surface area contributed by atoms with Gasteiger partial charge in [0.05, 0.1) is 19.1 Å². The molecule has 0 heterocycles. The summed E-state index contributed by atoms with van der Waals surface area (Å²) >= 11 is 0. The highest BCUT2D eigenvalue weighted by atomic mass is 16.5. The van der Waals surface area contributed by atoms with Crippen molar-refractivity contribution in [3.05, 3.63) is 0 Å². The average Bonchev–Trinajstić information content (AvgIpc) is 2.37. The molecule has 0 aromatic rings. The lowest BCUT2D eigenvalue weighted by Gasteiger charge is -2.38. The van der Waals surface area contributed by atoms with E-state index in [1.54, 1.807) is 18.9 Å². The lowest BCUT2D eigenvalue weighted by Crippen LogP contribution is -2.51. The molecule has 1 fully saturated rings. The third-order valence-electron chi connectivity index (χ3n) is 3.79. The Morgan fingerprint density at radius 1 is 1.33 bits per heavy atom. The molecule has 120 valence electrons. The van der Waals surface area contributed by atoms with E-state index in [0.29, 0.717) is 25.9 Å². The lowest BCUT2D eigenvalue weighted by molar-refractivity contribution is -0.150. The largest absolute Gasteiger partial charge is 0.481 e. The van der Waals surface area contributed by atoms with Gasteiger partial charge in [0.15, 0.2) is 0 Å². The average molecular weight is 300 g/mol. The second kappa shape index (κ2) is 7.97. The van der Waals surface area contributed by atoms with Crippen LogP contribution >= 0.6 is 0 Å². The maximum absolute atomic E-state index is 11.5. The van der Waals surface area contributed by atoms with Gasteiger partial charge in [-0.3, -0.25) is 19.3 Å². The van der Waals surface area contributed by atoms with Crippen LogP contribution in [0.3, 0.4) is 0 Å². The van der Waals surface area contributed by atoms with E-state index in [-0.39, 0.29) is 30.5 Å². The molecule has 0 aromatic heterocycles. The van der Waals surface area contributed by atoms with Crippen molar-refractivity contribution in [3.8, 4) is 0 Å². The lowest BCUT2D eigenvalue weighted by atomic mass is 9.80. The summed E-state index contributed by atoms with van der Waals surface area (Å²) < 4.78 is 4.89. The summed E-state index contributed by atoms with van der Waals surface area (Å²) in [4.78, 5) is 35.8. The van der Waals surface area contributed by atoms with Gasteiger partial charge in [-0.05, 0) is 33.2 Å². The minimum Gasteiger partial charge on any atom is -0.481 e. The smallest absolute Gasteiger partial charge is 0.320 e. The summed E-state index contributed by atoms with van der Waals surface area (Å²) in [6, 6.07) is -0.340. The number of carbonyl (C=O) groups excluding carboxylic acids is 2. The first-order chi connectivity index (χ1) is 9.85. The first-order valence-electron chi connectivity index (χ1n) is 7.20. The van der Waals surface area contributed by atoms with Crippen molar-refractivity contribution >= 4 is 17.8 Å². The second-order valence-electron chi connectivity index (χ2n) is 5.44. The highest BCUT2D eigenvalue weighted by molar-refractivity contribution is 5.74. The summed E-state index contributed by atoms with van der Waals surface area (Å²) in [7, 11) is 1.73. The van der Waals surface area contributed by atoms with Gasteiger partial charge in [-0.2, -0.15) is 0 Å². The molecule has 7 heteroatoms. The van der Waals surface area contributed by atoms with Gasteiger partial charge in [-0.1, -0.05) is 0 Å². The number of hydrogen-bond donors (Lipinski definition) is 2. The predicted molar refractivity (Wildman–Crippen MR) is 75.6 cm³/mol. The van der Waals surface area contributed by atoms with E-state index in [1.807, 2.05) is 0 Å². The van der Waals surface area contributed by atoms with Gasteiger partial charge in [0.2, 0.25) is 5.91 Å². The van der Waals surface area contributed by atoms with Crippen molar-refractivity contribution in [2.45, 2.75) is 45.2 Å². The number of ether oxygens (including phenoxy) is 1. The number of amides is 1. The van der Waals surface area contributed by atoms with Gasteiger partial charge in [0, 0.05) is 19.0 Å². The first kappa shape index (κ1) is 17.4. The Hall–Kier alpha value is -1.63. The Morgan fingerprint density at radius 2 is 2.00 bits per heavy atom. The van der Waals surface area contributed by atoms with Crippen LogP contribution < -0.4 is 5.32 Å². The fourth-order valence-corrected chi connectivity index (χ4v) is 2.89. The molecule has 2 N–H and O–H groups in total. The SMILES string of the molecule is CCOC(=O)CN(C)C1CCC(NC(C)=O)CC1C(=O)O. The third-order valence-corrected chi connectivity index (χ3v) is 3.79. The molecule has 1 saturated carbocycles. The van der Waals surface area contributed by atoms with E-state index < -0.39 is 11.9 Å². The Morgan fingerprint density at radius 3 is 2.52 bits per heavy atom. The van der Waals surface area contributed by atoms with Gasteiger partial charge in [-0.15, -0.1) is 0 Å². The summed E-state index contributed by atoms with van der Waals surface area (Å²) in [6.45, 7) is 3.54. The third kappa shape index (κ3) is 5.34. The maximum atomic E-state index is 11.5. The number of carboxylic acid groups (broad SMARTS) is 1. The van der Waals surface area contributed by atoms with Crippen LogP contribution in [0.25, 0.3) is 0 Å². The van der Waals surface area contributed by atoms with Gasteiger partial charge in [-0.25, -0.2) is 0 Å². The number of esters is 1. The zero-order chi connectivity index (χ0) is 16.0. The van der Waals surface area contributed by atoms with Crippen LogP contribution in [-0.2, 0) is 19.1 Å². The van der Waals surface area contributed by atoms with Gasteiger partial charge < -0.3 is 15.2 Å². The fourth-order valence-electron chi connectivity index (χ4n) is 2.89. The van der Waals surface area contributed by atoms with Crippen LogP contribution in [0.15, 0.2) is 0 Å². The van der Waals surface area contributed by atoms with E-state index in [4.69, 9.17) is 4.74 Å². The molecule has 1 rings (SSSR count). The maximum Gasteiger partial charge on any atom is 0.320 e. The molecule has 0 radical (unpaired) electrons. The Bertz CT molecular complexity index is 399. The molecule has 0 aliphatic heterocycles. The zero-order valence-electron chi connectivity index (χ0n) is 12.8. The molecule has 3 atom stereocenters. The van der Waals surface area contributed by atoms with E-state index in [0.717, 1.165) is 0 Å². The molecular formula is C14H24N2O5. The summed E-state index contributed by atoms with van der Waals surface area (Å²) in [5.74, 6) is -2.00. The monoisotopic (exact) mass is 300 g/mol. The fraction of sp³-hybridized carbons (Fsp3) is 0.786. The van der Waals surface area contributed by atoms with Crippen molar-refractivity contribution < 1.29 is 24.2 Å². The quantitative estimate of drug-likeness (QED) is 0.682. The molecule has 21 heavy (non-hydrogen) atoms. The van der Waals surface area contributed by atoms with E-state index in [2.05, 4.69) is 5.32 Å². The minimum absolute atomic E-state index is 0.0765. The van der Waals surface area contributed by atoms with Gasteiger partial charge in [0.1, 0.15) is 0 Å². The Labute approximate surface area is 124 Å². The van der Waals surface area contributed by atoms with E-state index in [1.165, 1.54) is 6.92 Å². The minimum atomic E-state index is -0.897. The summed E-state index contributed by atoms with van der Waals surface area (Å²) in [5, 5.41) is 12.2. The van der Waals surface area contributed by atoms with Crippen LogP contribution in [0.2, 0.25) is 0 Å². The van der Waals surface area contributed by atoms with Crippen LogP contribution in [0, 0.1) is 5.92 Å². The van der Waals surface area contributed by atoms with Crippen LogP contribution in [0.1, 0.15) is 33.1 Å². The number of aliphatic carboxylic acids is 1. The summed E-state index contributed by atoms with van der Waals surface area (Å²) in [5.41, 5.74) is 0. The molecule has 0 spiro atoms. The van der Waals surface area contributed by atoms with Crippen molar-refractivity contribution in [1.29, 1.82) is 0 Å². The van der Waals surface area contributed by atoms with E-state index >= 15 is 0 Å². The molecule has 0 aromatic carbocycles. The number of rotatable bonds is 6. The topological polar surface area (TPSA) is 95.9 Å². The standard InChI is InChI=1S/C14H24N2O5/c1-4-21-13(18)8-16(3)12-6-5-10(15-9(2)17)7-11(12)14(19)20/h10-12H,4-8H2,1-3H3,(H,15,17)(H,19,20). The number of nitrogens with zero attached hydrogens (tertiary/aromatic N) is 1. The van der Waals surface area contributed by atoms with Crippen molar-refractivity contribution in [3.63, 3.8) is 0 Å². The second-order valence-corrected chi connectivity index (χ2v) is 5.44. The highest BCUT2D eigenvalue weighted by Gasteiger charge is 2.38. The molecule has 7 nitrogen and oxygen atoms in total. The Balaban J connectivity index is 2.66. The summed E-state index contributed by atoms with van der Waals surface area (Å²) in [6.07, 6.45) is 1.71. The highest BCUT2D eigenvalue weighted by Crippen LogP contribution is 2.28. The van der Waals surface area contributed by atoms with Crippen LogP contribution in [0.4, 0.5) is 0 Å². The van der Waals surface area contributed by atoms with Gasteiger partial charge >= 0.3 is 11.9 Å². The molecular weight excluding hydrogens is 276 g/mol. The molecule has 0 bridgehead atoms. The predicted octanol–water partition coefficient (Wildman–Crippen LogP) is 0.239. The zero-order valence-corrected chi connectivity index (χ0v) is 12.8. The number of carboxylic acids is 1. The molecule has 3 unspecified atom stereocenters. The molecule has 0 saturated heterocycles. The van der Waals surface area contributed by atoms with E-state index in [9.17, 15) is 19.5 Å². The van der Waals surface area contributed by atoms with Crippen molar-refractivity contribution in [2.24, 2.45) is 5.92 Å². The number of nitrogens with one attached hydrogen (secondary N) is 1. The normalized spacial score (nSPS) is 25.4. The molecule has 1 aliphatic rings. The first-order valence-corrected chi connectivity index (χ1v) is 7.20. The molecule has 1 aliphatic carbocycles. The molecule has 1 amide bonds. The number of hydrogen-bond acceptors (Lipinski definition) is 5. The number of carbonyl (C=O) groups is 3. The van der Waals surface area contributed by atoms with Crippen LogP contribution in [-0.4, -0.2) is 60.1 Å². The number of likely N-dealkylation sites (N-methyl/N-ethyl adjacent to an activating group) is 1. The van der Waals surface area contributed by atoms with Crippen molar-refractivity contribution in [2.75, 3.05) is 20.2 Å². The van der Waals surface area contributed by atoms with Crippen molar-refractivity contribution in [1.82, 2.24) is 10.2 Å². The van der Waals surface area contributed by atoms with Crippen LogP contribution in [0.5, 0.6) is 0 Å². The Kier molecular flexibility index (Phi) is 6.61.